The molecular weight excluding hydrogens is 937 g/mol. The van der Waals surface area contributed by atoms with Crippen LogP contribution < -0.4 is 0 Å². The van der Waals surface area contributed by atoms with Gasteiger partial charge < -0.3 is 14.2 Å². The summed E-state index contributed by atoms with van der Waals surface area (Å²) in [5.41, 5.74) is 0. The molecule has 0 aliphatic rings. The number of rotatable bonds is 58. The summed E-state index contributed by atoms with van der Waals surface area (Å²) in [6.07, 6.45) is 85.6. The first-order valence-corrected chi connectivity index (χ1v) is 32.2. The largest absolute Gasteiger partial charge is 0.462 e. The molecule has 0 bridgehead atoms. The van der Waals surface area contributed by atoms with Gasteiger partial charge in [0.25, 0.3) is 0 Å². The highest BCUT2D eigenvalue weighted by Gasteiger charge is 2.19. The predicted molar refractivity (Wildman–Crippen MR) is 330 cm³/mol. The summed E-state index contributed by atoms with van der Waals surface area (Å²) in [6.45, 7) is 6.42. The molecule has 436 valence electrons. The molecule has 0 aliphatic carbocycles. The second kappa shape index (κ2) is 63.9. The van der Waals surface area contributed by atoms with Crippen LogP contribution in [-0.4, -0.2) is 37.2 Å². The Morgan fingerprint density at radius 2 is 0.513 bits per heavy atom. The number of allylic oxidation sites excluding steroid dienone is 16. The van der Waals surface area contributed by atoms with E-state index in [4.69, 9.17) is 14.2 Å². The third kappa shape index (κ3) is 61.2. The molecule has 0 aromatic carbocycles. The van der Waals surface area contributed by atoms with Crippen molar-refractivity contribution in [3.8, 4) is 0 Å². The molecule has 6 nitrogen and oxygen atoms in total. The van der Waals surface area contributed by atoms with E-state index in [2.05, 4.69) is 118 Å². The average Bonchev–Trinajstić information content (AvgIpc) is 3.42. The van der Waals surface area contributed by atoms with Gasteiger partial charge in [0.2, 0.25) is 0 Å². The smallest absolute Gasteiger partial charge is 0.306 e. The van der Waals surface area contributed by atoms with Crippen LogP contribution in [0.5, 0.6) is 0 Å². The van der Waals surface area contributed by atoms with Gasteiger partial charge in [0.15, 0.2) is 6.10 Å². The molecule has 76 heavy (non-hydrogen) atoms. The van der Waals surface area contributed by atoms with Crippen LogP contribution in [0.25, 0.3) is 0 Å². The van der Waals surface area contributed by atoms with Crippen molar-refractivity contribution < 1.29 is 28.6 Å². The molecule has 0 saturated heterocycles. The maximum absolute atomic E-state index is 12.9. The van der Waals surface area contributed by atoms with E-state index in [1.807, 2.05) is 0 Å². The van der Waals surface area contributed by atoms with E-state index < -0.39 is 6.10 Å². The molecule has 0 rings (SSSR count). The number of unbranched alkanes of at least 4 members (excludes halogenated alkanes) is 31. The molecule has 0 heterocycles. The molecule has 0 aromatic rings. The number of esters is 3. The van der Waals surface area contributed by atoms with Gasteiger partial charge >= 0.3 is 17.9 Å². The summed E-state index contributed by atoms with van der Waals surface area (Å²) < 4.78 is 16.9. The number of hydrogen-bond donors (Lipinski definition) is 0. The average molecular weight is 1060 g/mol. The summed E-state index contributed by atoms with van der Waals surface area (Å²) in [7, 11) is 0. The molecule has 0 aliphatic heterocycles. The molecule has 0 N–H and O–H groups in total. The van der Waals surface area contributed by atoms with Crippen molar-refractivity contribution in [3.63, 3.8) is 0 Å². The van der Waals surface area contributed by atoms with E-state index in [1.165, 1.54) is 154 Å². The molecule has 6 heteroatoms. The van der Waals surface area contributed by atoms with E-state index in [0.29, 0.717) is 19.3 Å². The summed E-state index contributed by atoms with van der Waals surface area (Å²) >= 11 is 0. The van der Waals surface area contributed by atoms with Gasteiger partial charge in [-0.2, -0.15) is 0 Å². The molecule has 1 unspecified atom stereocenters. The topological polar surface area (TPSA) is 78.9 Å². The van der Waals surface area contributed by atoms with Crippen molar-refractivity contribution in [1.29, 1.82) is 0 Å². The second-order valence-electron chi connectivity index (χ2n) is 21.3. The van der Waals surface area contributed by atoms with Crippen molar-refractivity contribution >= 4 is 17.9 Å². The fourth-order valence-corrected chi connectivity index (χ4v) is 9.07. The Bertz CT molecular complexity index is 1490. The normalized spacial score (nSPS) is 12.7. The number of carbonyl (C=O) groups excluding carboxylic acids is 3. The number of carbonyl (C=O) groups is 3. The fraction of sp³-hybridized carbons (Fsp3) is 0.729. The monoisotopic (exact) mass is 1060 g/mol. The van der Waals surface area contributed by atoms with Crippen molar-refractivity contribution in [1.82, 2.24) is 0 Å². The Balaban J connectivity index is 4.23. The Kier molecular flexibility index (Phi) is 60.8. The van der Waals surface area contributed by atoms with Gasteiger partial charge in [-0.05, 0) is 96.3 Å². The zero-order chi connectivity index (χ0) is 55.0. The minimum atomic E-state index is -0.781. The zero-order valence-corrected chi connectivity index (χ0v) is 50.0. The van der Waals surface area contributed by atoms with E-state index in [-0.39, 0.29) is 31.1 Å². The Hall–Kier alpha value is -3.67. The summed E-state index contributed by atoms with van der Waals surface area (Å²) in [5, 5.41) is 0. The quantitative estimate of drug-likeness (QED) is 0.0261. The molecule has 1 atom stereocenters. The van der Waals surface area contributed by atoms with E-state index in [1.54, 1.807) is 0 Å². The lowest BCUT2D eigenvalue weighted by molar-refractivity contribution is -0.167. The van der Waals surface area contributed by atoms with Crippen molar-refractivity contribution in [2.75, 3.05) is 13.2 Å². The van der Waals surface area contributed by atoms with E-state index in [9.17, 15) is 14.4 Å². The highest BCUT2D eigenvalue weighted by atomic mass is 16.6. The lowest BCUT2D eigenvalue weighted by Crippen LogP contribution is -2.30. The molecule has 0 aromatic heterocycles. The SMILES string of the molecule is CC/C=C\C/C=C\C/C=C\C/C=C\CCCCCCCCCCCCCCCCC(=O)OCC(COC(=O)CCCCCCCCCCCC)OC(=O)CCCCCCCCCC/C=C\C/C=C\C/C=C\C/C=C\CC. The maximum atomic E-state index is 12.9. The van der Waals surface area contributed by atoms with Gasteiger partial charge in [0, 0.05) is 19.3 Å². The van der Waals surface area contributed by atoms with E-state index >= 15 is 0 Å². The Morgan fingerprint density at radius 3 is 0.803 bits per heavy atom. The van der Waals surface area contributed by atoms with Crippen LogP contribution in [0.2, 0.25) is 0 Å². The fourth-order valence-electron chi connectivity index (χ4n) is 9.07. The van der Waals surface area contributed by atoms with Gasteiger partial charge in [0.05, 0.1) is 0 Å². The molecule has 0 saturated carbocycles. The Morgan fingerprint density at radius 1 is 0.276 bits per heavy atom. The first kappa shape index (κ1) is 72.3. The molecular formula is C70H120O6. The number of hydrogen-bond acceptors (Lipinski definition) is 6. The first-order valence-electron chi connectivity index (χ1n) is 32.2. The first-order chi connectivity index (χ1) is 37.5. The molecule has 0 spiro atoms. The third-order valence-electron chi connectivity index (χ3n) is 13.8. The van der Waals surface area contributed by atoms with E-state index in [0.717, 1.165) is 116 Å². The van der Waals surface area contributed by atoms with Crippen molar-refractivity contribution in [2.24, 2.45) is 0 Å². The zero-order valence-electron chi connectivity index (χ0n) is 50.0. The lowest BCUT2D eigenvalue weighted by atomic mass is 10.0. The van der Waals surface area contributed by atoms with Crippen LogP contribution in [0.3, 0.4) is 0 Å². The van der Waals surface area contributed by atoms with Crippen molar-refractivity contribution in [3.05, 3.63) is 97.2 Å². The standard InChI is InChI=1S/C70H120O6/c1-4-7-10-13-16-19-22-24-26-28-30-32-33-34-35-36-37-39-40-42-44-46-48-51-54-57-60-63-69(72)75-66-67(65-74-68(71)62-59-56-53-50-21-18-15-12-9-6-3)76-70(73)64-61-58-55-52-49-47-45-43-41-38-31-29-27-25-23-20-17-14-11-8-5-2/h7-8,10-11,16-17,19-20,24-27,30-32,38,67H,4-6,9,12-15,18,21-23,28-29,33-37,39-66H2,1-3H3/b10-7-,11-8-,19-16-,20-17-,26-24-,27-25-,32-30-,38-31-. The highest BCUT2D eigenvalue weighted by Crippen LogP contribution is 2.17. The minimum Gasteiger partial charge on any atom is -0.462 e. The van der Waals surface area contributed by atoms with Gasteiger partial charge in [0.1, 0.15) is 13.2 Å². The second-order valence-corrected chi connectivity index (χ2v) is 21.3. The molecule has 0 radical (unpaired) electrons. The predicted octanol–water partition coefficient (Wildman–Crippen LogP) is 22.0. The minimum absolute atomic E-state index is 0.0777. The van der Waals surface area contributed by atoms with Crippen LogP contribution in [-0.2, 0) is 28.6 Å². The van der Waals surface area contributed by atoms with Gasteiger partial charge in [-0.15, -0.1) is 0 Å². The van der Waals surface area contributed by atoms with Gasteiger partial charge in [-0.3, -0.25) is 14.4 Å². The maximum Gasteiger partial charge on any atom is 0.306 e. The Labute approximate surface area is 470 Å². The summed E-state index contributed by atoms with van der Waals surface area (Å²) in [5.74, 6) is -0.877. The van der Waals surface area contributed by atoms with Crippen molar-refractivity contribution in [2.45, 2.75) is 316 Å². The highest BCUT2D eigenvalue weighted by molar-refractivity contribution is 5.71. The molecule has 0 fully saturated rings. The van der Waals surface area contributed by atoms with Crippen LogP contribution in [0.4, 0.5) is 0 Å². The van der Waals surface area contributed by atoms with Crippen LogP contribution in [0.15, 0.2) is 97.2 Å². The lowest BCUT2D eigenvalue weighted by Gasteiger charge is -2.18. The molecule has 0 amide bonds. The van der Waals surface area contributed by atoms with Gasteiger partial charge in [-0.1, -0.05) is 291 Å². The summed E-state index contributed by atoms with van der Waals surface area (Å²) in [6, 6.07) is 0. The third-order valence-corrected chi connectivity index (χ3v) is 13.8. The van der Waals surface area contributed by atoms with Crippen LogP contribution in [0.1, 0.15) is 310 Å². The summed E-state index contributed by atoms with van der Waals surface area (Å²) in [4.78, 5) is 38.2. The number of ether oxygens (including phenoxy) is 3. The van der Waals surface area contributed by atoms with Crippen LogP contribution >= 0.6 is 0 Å². The van der Waals surface area contributed by atoms with Gasteiger partial charge in [-0.25, -0.2) is 0 Å². The van der Waals surface area contributed by atoms with Crippen LogP contribution in [0, 0.1) is 0 Å².